The van der Waals surface area contributed by atoms with E-state index in [0.29, 0.717) is 19.2 Å². The van der Waals surface area contributed by atoms with Crippen molar-refractivity contribution in [3.8, 4) is 5.88 Å². The number of nitrogens with two attached hydrogens (primary N) is 1. The van der Waals surface area contributed by atoms with Crippen LogP contribution in [0.5, 0.6) is 5.88 Å². The van der Waals surface area contributed by atoms with Crippen molar-refractivity contribution in [2.24, 2.45) is 5.84 Å². The van der Waals surface area contributed by atoms with Crippen molar-refractivity contribution in [1.82, 2.24) is 9.88 Å². The second-order valence-electron chi connectivity index (χ2n) is 4.15. The van der Waals surface area contributed by atoms with Crippen LogP contribution in [0.15, 0.2) is 6.07 Å². The summed E-state index contributed by atoms with van der Waals surface area (Å²) in [5.74, 6) is 2.93. The molecule has 1 saturated heterocycles. The molecule has 18 heavy (non-hydrogen) atoms. The Morgan fingerprint density at radius 1 is 1.33 bits per heavy atom. The fourth-order valence-corrected chi connectivity index (χ4v) is 1.93. The predicted octanol–water partition coefficient (Wildman–Crippen LogP) is 1.12. The van der Waals surface area contributed by atoms with Gasteiger partial charge in [-0.25, -0.2) is 14.6 Å². The number of hydrazine groups is 1. The van der Waals surface area contributed by atoms with E-state index in [4.69, 9.17) is 10.6 Å². The van der Waals surface area contributed by atoms with Crippen LogP contribution in [0.4, 0.5) is 14.6 Å². The van der Waals surface area contributed by atoms with Crippen LogP contribution >= 0.6 is 0 Å². The molecule has 1 aliphatic rings. The van der Waals surface area contributed by atoms with E-state index in [1.807, 2.05) is 0 Å². The molecule has 1 aromatic heterocycles. The average Bonchev–Trinajstić information content (AvgIpc) is 2.85. The fraction of sp³-hybridized carbons (Fsp3) is 0.545. The number of nitrogens with one attached hydrogen (secondary N) is 1. The maximum absolute atomic E-state index is 13.4. The fourth-order valence-electron chi connectivity index (χ4n) is 1.93. The predicted molar refractivity (Wildman–Crippen MR) is 63.1 cm³/mol. The smallest absolute Gasteiger partial charge is 0.252 e. The minimum absolute atomic E-state index is 0.229. The van der Waals surface area contributed by atoms with Crippen LogP contribution in [0.25, 0.3) is 0 Å². The van der Waals surface area contributed by atoms with Crippen LogP contribution in [-0.2, 0) is 0 Å². The lowest BCUT2D eigenvalue weighted by molar-refractivity contribution is 0.224. The molecule has 7 heteroatoms. The maximum Gasteiger partial charge on any atom is 0.252 e. The van der Waals surface area contributed by atoms with E-state index >= 15 is 0 Å². The number of aromatic nitrogens is 1. The zero-order valence-corrected chi connectivity index (χ0v) is 9.96. The second kappa shape index (κ2) is 5.92. The van der Waals surface area contributed by atoms with E-state index in [2.05, 4.69) is 15.3 Å². The van der Waals surface area contributed by atoms with E-state index in [0.717, 1.165) is 13.1 Å². The molecular formula is C11H16F2N4O. The zero-order valence-electron chi connectivity index (χ0n) is 9.96. The van der Waals surface area contributed by atoms with Crippen molar-refractivity contribution >= 4 is 5.82 Å². The van der Waals surface area contributed by atoms with Gasteiger partial charge in [-0.3, -0.25) is 4.90 Å². The monoisotopic (exact) mass is 258 g/mol. The Labute approximate surface area is 104 Å². The largest absolute Gasteiger partial charge is 0.474 e. The van der Waals surface area contributed by atoms with E-state index in [9.17, 15) is 8.78 Å². The summed E-state index contributed by atoms with van der Waals surface area (Å²) >= 11 is 0. The first-order valence-electron chi connectivity index (χ1n) is 5.88. The third-order valence-electron chi connectivity index (χ3n) is 2.88. The lowest BCUT2D eigenvalue weighted by Crippen LogP contribution is -2.25. The van der Waals surface area contributed by atoms with E-state index in [-0.39, 0.29) is 11.7 Å². The molecule has 1 aliphatic heterocycles. The third-order valence-corrected chi connectivity index (χ3v) is 2.88. The van der Waals surface area contributed by atoms with Gasteiger partial charge in [0.25, 0.3) is 5.88 Å². The van der Waals surface area contributed by atoms with Gasteiger partial charge in [-0.05, 0) is 25.9 Å². The van der Waals surface area contributed by atoms with Crippen molar-refractivity contribution in [2.45, 2.75) is 12.8 Å². The average molecular weight is 258 g/mol. The van der Waals surface area contributed by atoms with E-state index in [1.54, 1.807) is 0 Å². The van der Waals surface area contributed by atoms with Gasteiger partial charge in [-0.2, -0.15) is 4.98 Å². The molecule has 0 unspecified atom stereocenters. The molecule has 3 N–H and O–H groups in total. The quantitative estimate of drug-likeness (QED) is 0.612. The SMILES string of the molecule is NNc1nc(OCCN2CCCC2)c(F)cc1F. The van der Waals surface area contributed by atoms with Crippen LogP contribution in [-0.4, -0.2) is 36.1 Å². The molecule has 0 amide bonds. The normalized spacial score (nSPS) is 15.9. The summed E-state index contributed by atoms with van der Waals surface area (Å²) in [6.45, 7) is 3.11. The molecule has 2 rings (SSSR count). The van der Waals surface area contributed by atoms with Gasteiger partial charge in [0.2, 0.25) is 0 Å². The number of hydrogen-bond donors (Lipinski definition) is 2. The minimum Gasteiger partial charge on any atom is -0.474 e. The Morgan fingerprint density at radius 2 is 2.06 bits per heavy atom. The molecule has 0 aliphatic carbocycles. The highest BCUT2D eigenvalue weighted by Gasteiger charge is 2.14. The summed E-state index contributed by atoms with van der Waals surface area (Å²) < 4.78 is 31.7. The first kappa shape index (κ1) is 13.0. The molecule has 0 aromatic carbocycles. The number of pyridine rings is 1. The Kier molecular flexibility index (Phi) is 4.27. The zero-order chi connectivity index (χ0) is 13.0. The van der Waals surface area contributed by atoms with Crippen molar-refractivity contribution < 1.29 is 13.5 Å². The number of nitrogen functional groups attached to an aromatic ring is 1. The Bertz CT molecular complexity index is 410. The molecule has 0 radical (unpaired) electrons. The van der Waals surface area contributed by atoms with E-state index in [1.165, 1.54) is 12.8 Å². The van der Waals surface area contributed by atoms with Crippen LogP contribution in [0, 0.1) is 11.6 Å². The Morgan fingerprint density at radius 3 is 2.72 bits per heavy atom. The van der Waals surface area contributed by atoms with Crippen LogP contribution in [0.2, 0.25) is 0 Å². The summed E-state index contributed by atoms with van der Waals surface area (Å²) in [5, 5.41) is 0. The number of anilines is 1. The van der Waals surface area contributed by atoms with Crippen LogP contribution in [0.3, 0.4) is 0 Å². The van der Waals surface area contributed by atoms with Gasteiger partial charge in [0.1, 0.15) is 6.61 Å². The van der Waals surface area contributed by atoms with Crippen molar-refractivity contribution in [2.75, 3.05) is 31.7 Å². The number of rotatable bonds is 5. The highest BCUT2D eigenvalue weighted by molar-refractivity contribution is 5.38. The molecule has 1 aromatic rings. The summed E-state index contributed by atoms with van der Waals surface area (Å²) in [7, 11) is 0. The molecule has 0 bridgehead atoms. The molecule has 5 nitrogen and oxygen atoms in total. The number of nitrogens with zero attached hydrogens (tertiary/aromatic N) is 2. The van der Waals surface area contributed by atoms with Gasteiger partial charge in [0, 0.05) is 12.6 Å². The highest BCUT2D eigenvalue weighted by atomic mass is 19.1. The summed E-state index contributed by atoms with van der Waals surface area (Å²) in [4.78, 5) is 5.85. The highest BCUT2D eigenvalue weighted by Crippen LogP contribution is 2.20. The molecule has 1 fully saturated rings. The Balaban J connectivity index is 1.91. The Hall–Kier alpha value is -1.47. The number of halogens is 2. The summed E-state index contributed by atoms with van der Waals surface area (Å²) in [6.07, 6.45) is 2.37. The maximum atomic E-state index is 13.4. The lowest BCUT2D eigenvalue weighted by atomic mass is 10.4. The van der Waals surface area contributed by atoms with Crippen molar-refractivity contribution in [3.05, 3.63) is 17.7 Å². The molecule has 2 heterocycles. The first-order valence-corrected chi connectivity index (χ1v) is 5.88. The standard InChI is InChI=1S/C11H16F2N4O/c12-8-7-9(13)11(15-10(8)16-14)18-6-5-17-3-1-2-4-17/h7H,1-6,14H2,(H,15,16). The third kappa shape index (κ3) is 3.05. The number of likely N-dealkylation sites (tertiary alicyclic amines) is 1. The first-order chi connectivity index (χ1) is 8.70. The number of ether oxygens (including phenoxy) is 1. The van der Waals surface area contributed by atoms with Gasteiger partial charge in [-0.1, -0.05) is 0 Å². The van der Waals surface area contributed by atoms with Crippen LogP contribution in [0.1, 0.15) is 12.8 Å². The summed E-state index contributed by atoms with van der Waals surface area (Å²) in [6, 6.07) is 0.702. The lowest BCUT2D eigenvalue weighted by Gasteiger charge is -2.15. The van der Waals surface area contributed by atoms with Crippen LogP contribution < -0.4 is 16.0 Å². The molecule has 100 valence electrons. The topological polar surface area (TPSA) is 63.4 Å². The molecular weight excluding hydrogens is 242 g/mol. The molecule has 0 spiro atoms. The van der Waals surface area contributed by atoms with E-state index < -0.39 is 11.6 Å². The second-order valence-corrected chi connectivity index (χ2v) is 4.15. The van der Waals surface area contributed by atoms with Gasteiger partial charge in [0.05, 0.1) is 0 Å². The molecule has 0 saturated carbocycles. The van der Waals surface area contributed by atoms with Gasteiger partial charge in [0.15, 0.2) is 17.5 Å². The van der Waals surface area contributed by atoms with Gasteiger partial charge < -0.3 is 10.2 Å². The van der Waals surface area contributed by atoms with Crippen molar-refractivity contribution in [1.29, 1.82) is 0 Å². The number of hydrogen-bond acceptors (Lipinski definition) is 5. The van der Waals surface area contributed by atoms with Crippen molar-refractivity contribution in [3.63, 3.8) is 0 Å². The minimum atomic E-state index is -0.845. The van der Waals surface area contributed by atoms with Gasteiger partial charge >= 0.3 is 0 Å². The molecule has 0 atom stereocenters. The summed E-state index contributed by atoms with van der Waals surface area (Å²) in [5.41, 5.74) is 2.05. The van der Waals surface area contributed by atoms with Gasteiger partial charge in [-0.15, -0.1) is 0 Å².